The van der Waals surface area contributed by atoms with Gasteiger partial charge in [-0.05, 0) is 82.8 Å². The molecule has 0 aromatic heterocycles. The topological polar surface area (TPSA) is 56.8 Å². The molecule has 0 spiro atoms. The lowest BCUT2D eigenvalue weighted by Crippen LogP contribution is -2.35. The van der Waals surface area contributed by atoms with E-state index < -0.39 is 11.2 Å². The number of rotatable bonds is 11. The molecule has 0 radical (unpaired) electrons. The van der Waals surface area contributed by atoms with E-state index in [1.54, 1.807) is 19.2 Å². The summed E-state index contributed by atoms with van der Waals surface area (Å²) in [5.74, 6) is 1.94. The summed E-state index contributed by atoms with van der Waals surface area (Å²) in [6.45, 7) is 27.9. The lowest BCUT2D eigenvalue weighted by atomic mass is 9.83. The van der Waals surface area contributed by atoms with Gasteiger partial charge in [-0.15, -0.1) is 0 Å². The first-order valence-corrected chi connectivity index (χ1v) is 13.1. The fourth-order valence-electron chi connectivity index (χ4n) is 5.25. The number of hydrogen-bond acceptors (Lipinski definition) is 4. The van der Waals surface area contributed by atoms with Crippen molar-refractivity contribution in [2.75, 3.05) is 7.05 Å². The number of hydrogen-bond donors (Lipinski definition) is 1. The quantitative estimate of drug-likeness (QED) is 0.340. The second kappa shape index (κ2) is 11.4. The molecule has 1 N–H and O–H groups in total. The van der Waals surface area contributed by atoms with Crippen LogP contribution in [0.25, 0.3) is 0 Å². The van der Waals surface area contributed by atoms with E-state index in [1.807, 2.05) is 0 Å². The Morgan fingerprint density at radius 1 is 0.800 bits per heavy atom. The van der Waals surface area contributed by atoms with Crippen LogP contribution in [0.2, 0.25) is 0 Å². The van der Waals surface area contributed by atoms with Gasteiger partial charge < -0.3 is 19.5 Å². The summed E-state index contributed by atoms with van der Waals surface area (Å²) in [5, 5.41) is 2.73. The fourth-order valence-corrected chi connectivity index (χ4v) is 5.25. The number of carbonyl (C=O) groups excluding carboxylic acids is 1. The van der Waals surface area contributed by atoms with E-state index in [4.69, 9.17) is 14.2 Å². The predicted octanol–water partition coefficient (Wildman–Crippen LogP) is 8.05. The summed E-state index contributed by atoms with van der Waals surface area (Å²) in [7, 11) is 1.63. The highest BCUT2D eigenvalue weighted by Crippen LogP contribution is 2.45. The van der Waals surface area contributed by atoms with Crippen LogP contribution < -0.4 is 19.5 Å². The van der Waals surface area contributed by atoms with Crippen molar-refractivity contribution < 1.29 is 19.0 Å². The van der Waals surface area contributed by atoms with Crippen molar-refractivity contribution in [1.82, 2.24) is 5.32 Å². The molecule has 202 valence electrons. The van der Waals surface area contributed by atoms with Crippen LogP contribution in [-0.4, -0.2) is 30.3 Å². The summed E-state index contributed by atoms with van der Waals surface area (Å²) in [5.41, 5.74) is -0.322. The second-order valence-electron chi connectivity index (χ2n) is 14.1. The van der Waals surface area contributed by atoms with Crippen molar-refractivity contribution >= 4 is 5.91 Å². The molecule has 0 aliphatic carbocycles. The summed E-state index contributed by atoms with van der Waals surface area (Å²) in [6.07, 6.45) is 2.52. The van der Waals surface area contributed by atoms with Crippen molar-refractivity contribution in [3.05, 3.63) is 17.7 Å². The predicted molar refractivity (Wildman–Crippen MR) is 147 cm³/mol. The molecule has 1 aromatic rings. The second-order valence-corrected chi connectivity index (χ2v) is 14.1. The molecule has 35 heavy (non-hydrogen) atoms. The molecule has 0 saturated carbocycles. The lowest BCUT2D eigenvalue weighted by molar-refractivity contribution is 0.0440. The summed E-state index contributed by atoms with van der Waals surface area (Å²) >= 11 is 0. The lowest BCUT2D eigenvalue weighted by Gasteiger charge is -2.36. The van der Waals surface area contributed by atoms with Gasteiger partial charge in [0.2, 0.25) is 5.75 Å². The number of amides is 1. The summed E-state index contributed by atoms with van der Waals surface area (Å²) < 4.78 is 19.8. The number of benzene rings is 1. The molecular formula is C30H53NO4. The Morgan fingerprint density at radius 2 is 1.20 bits per heavy atom. The maximum absolute atomic E-state index is 12.7. The van der Waals surface area contributed by atoms with Gasteiger partial charge in [0.15, 0.2) is 11.5 Å². The maximum Gasteiger partial charge on any atom is 0.251 e. The van der Waals surface area contributed by atoms with Crippen LogP contribution in [0.5, 0.6) is 17.2 Å². The van der Waals surface area contributed by atoms with Gasteiger partial charge in [-0.25, -0.2) is 0 Å². The third-order valence-corrected chi connectivity index (χ3v) is 5.32. The first-order chi connectivity index (χ1) is 15.6. The van der Waals surface area contributed by atoms with Crippen molar-refractivity contribution in [3.8, 4) is 17.2 Å². The van der Waals surface area contributed by atoms with E-state index in [0.29, 0.717) is 28.7 Å². The molecule has 0 aliphatic rings. The zero-order valence-electron chi connectivity index (χ0n) is 25.1. The zero-order chi connectivity index (χ0) is 27.4. The Labute approximate surface area is 215 Å². The van der Waals surface area contributed by atoms with E-state index in [0.717, 1.165) is 19.3 Å². The third kappa shape index (κ3) is 11.6. The van der Waals surface area contributed by atoms with Gasteiger partial charge in [0, 0.05) is 12.6 Å². The van der Waals surface area contributed by atoms with Gasteiger partial charge >= 0.3 is 0 Å². The average Bonchev–Trinajstić information content (AvgIpc) is 2.57. The standard InChI is InChI=1S/C30H53NO4/c1-20(2)15-21(3)33-25-23(34-29(10,11)18-27(4,5)6)16-22(26(32)31-14)17-24(25)35-30(12,13)19-28(7,8)9/h16-17,20-21H,15,18-19H2,1-14H3,(H,31,32). The summed E-state index contributed by atoms with van der Waals surface area (Å²) in [6, 6.07) is 3.56. The largest absolute Gasteiger partial charge is 0.484 e. The minimum absolute atomic E-state index is 0.0398. The molecule has 1 amide bonds. The number of ether oxygens (including phenoxy) is 3. The Balaban J connectivity index is 3.68. The van der Waals surface area contributed by atoms with E-state index in [2.05, 4.69) is 95.3 Å². The van der Waals surface area contributed by atoms with E-state index in [-0.39, 0.29) is 22.8 Å². The highest BCUT2D eigenvalue weighted by atomic mass is 16.6. The number of nitrogens with one attached hydrogen (secondary N) is 1. The van der Waals surface area contributed by atoms with Crippen LogP contribution in [0.3, 0.4) is 0 Å². The first-order valence-electron chi connectivity index (χ1n) is 13.1. The summed E-state index contributed by atoms with van der Waals surface area (Å²) in [4.78, 5) is 12.7. The molecule has 0 heterocycles. The van der Waals surface area contributed by atoms with E-state index in [1.165, 1.54) is 0 Å². The van der Waals surface area contributed by atoms with Crippen LogP contribution in [0.1, 0.15) is 120 Å². The molecule has 0 saturated heterocycles. The Bertz CT molecular complexity index is 790. The van der Waals surface area contributed by atoms with Crippen molar-refractivity contribution in [3.63, 3.8) is 0 Å². The Kier molecular flexibility index (Phi) is 10.2. The fraction of sp³-hybridized carbons (Fsp3) is 0.767. The van der Waals surface area contributed by atoms with Crippen LogP contribution in [0.4, 0.5) is 0 Å². The molecule has 0 fully saturated rings. The monoisotopic (exact) mass is 491 g/mol. The van der Waals surface area contributed by atoms with Gasteiger partial charge in [-0.3, -0.25) is 4.79 Å². The first kappa shape index (κ1) is 31.1. The molecule has 1 atom stereocenters. The van der Waals surface area contributed by atoms with Crippen molar-refractivity contribution in [2.24, 2.45) is 16.7 Å². The van der Waals surface area contributed by atoms with Gasteiger partial charge in [-0.1, -0.05) is 55.4 Å². The molecule has 1 aromatic carbocycles. The number of carbonyl (C=O) groups is 1. The van der Waals surface area contributed by atoms with Gasteiger partial charge in [0.25, 0.3) is 5.91 Å². The minimum Gasteiger partial charge on any atom is -0.484 e. The highest BCUT2D eigenvalue weighted by molar-refractivity contribution is 5.95. The van der Waals surface area contributed by atoms with Crippen LogP contribution >= 0.6 is 0 Å². The normalized spacial score (nSPS) is 14.0. The van der Waals surface area contributed by atoms with Gasteiger partial charge in [-0.2, -0.15) is 0 Å². The van der Waals surface area contributed by atoms with Crippen LogP contribution in [0.15, 0.2) is 12.1 Å². The van der Waals surface area contributed by atoms with Gasteiger partial charge in [0.1, 0.15) is 11.2 Å². The molecule has 5 heteroatoms. The Morgan fingerprint density at radius 3 is 1.51 bits per heavy atom. The van der Waals surface area contributed by atoms with Crippen molar-refractivity contribution in [2.45, 2.75) is 127 Å². The Hall–Kier alpha value is -1.91. The van der Waals surface area contributed by atoms with E-state index in [9.17, 15) is 4.79 Å². The zero-order valence-corrected chi connectivity index (χ0v) is 25.1. The molecule has 1 rings (SSSR count). The van der Waals surface area contributed by atoms with Crippen LogP contribution in [-0.2, 0) is 0 Å². The van der Waals surface area contributed by atoms with Crippen molar-refractivity contribution in [1.29, 1.82) is 0 Å². The molecular weight excluding hydrogens is 438 g/mol. The molecule has 0 aliphatic heterocycles. The molecule has 1 unspecified atom stereocenters. The van der Waals surface area contributed by atoms with Gasteiger partial charge in [0.05, 0.1) is 6.10 Å². The maximum atomic E-state index is 12.7. The molecule has 0 bridgehead atoms. The third-order valence-electron chi connectivity index (χ3n) is 5.32. The average molecular weight is 492 g/mol. The van der Waals surface area contributed by atoms with Crippen LogP contribution in [0, 0.1) is 16.7 Å². The minimum atomic E-state index is -0.475. The molecule has 5 nitrogen and oxygen atoms in total. The van der Waals surface area contributed by atoms with E-state index >= 15 is 0 Å². The highest BCUT2D eigenvalue weighted by Gasteiger charge is 2.33. The smallest absolute Gasteiger partial charge is 0.251 e. The SMILES string of the molecule is CNC(=O)c1cc(OC(C)(C)CC(C)(C)C)c(OC(C)CC(C)C)c(OC(C)(C)CC(C)(C)C)c1.